The van der Waals surface area contributed by atoms with Crippen molar-refractivity contribution in [1.82, 2.24) is 5.48 Å². The van der Waals surface area contributed by atoms with Crippen LogP contribution < -0.4 is 10.2 Å². The summed E-state index contributed by atoms with van der Waals surface area (Å²) in [5, 5.41) is 0.726. The van der Waals surface area contributed by atoms with Crippen molar-refractivity contribution >= 4 is 35.1 Å². The minimum Gasteiger partial charge on any atom is -0.480 e. The maximum absolute atomic E-state index is 11.7. The lowest BCUT2D eigenvalue weighted by molar-refractivity contribution is -0.151. The van der Waals surface area contributed by atoms with Gasteiger partial charge in [-0.15, -0.1) is 0 Å². The molecule has 7 heteroatoms. The van der Waals surface area contributed by atoms with E-state index in [1.165, 1.54) is 12.1 Å². The van der Waals surface area contributed by atoms with Crippen molar-refractivity contribution in [1.29, 1.82) is 0 Å². The lowest BCUT2D eigenvalue weighted by Crippen LogP contribution is -2.29. The van der Waals surface area contributed by atoms with Gasteiger partial charge in [0, 0.05) is 10.6 Å². The van der Waals surface area contributed by atoms with Gasteiger partial charge in [0.1, 0.15) is 5.75 Å². The number of carbonyl (C=O) groups excluding carboxylic acids is 2. The Morgan fingerprint density at radius 1 is 1.05 bits per heavy atom. The zero-order valence-electron chi connectivity index (χ0n) is 11.2. The normalized spacial score (nSPS) is 9.91. The fourth-order valence-corrected chi connectivity index (χ4v) is 1.97. The van der Waals surface area contributed by atoms with Crippen LogP contribution in [0.2, 0.25) is 10.0 Å². The van der Waals surface area contributed by atoms with E-state index >= 15 is 0 Å². The summed E-state index contributed by atoms with van der Waals surface area (Å²) in [6.07, 6.45) is 0. The highest BCUT2D eigenvalue weighted by molar-refractivity contribution is 6.35. The van der Waals surface area contributed by atoms with Crippen molar-refractivity contribution < 1.29 is 19.2 Å². The summed E-state index contributed by atoms with van der Waals surface area (Å²) in [5.41, 5.74) is 2.41. The van der Waals surface area contributed by atoms with E-state index in [1.807, 2.05) is 5.48 Å². The first-order valence-corrected chi connectivity index (χ1v) is 6.95. The standard InChI is InChI=1S/C15H11Cl2NO4/c16-11-6-7-13(12(17)8-11)21-9-14(19)22-18-15(20)10-4-2-1-3-5-10/h1-8H,9H2,(H,18,20). The highest BCUT2D eigenvalue weighted by Gasteiger charge is 2.10. The first-order chi connectivity index (χ1) is 10.6. The second kappa shape index (κ2) is 7.68. The number of carbonyl (C=O) groups is 2. The lowest BCUT2D eigenvalue weighted by Gasteiger charge is -2.08. The molecule has 0 saturated heterocycles. The second-order valence-corrected chi connectivity index (χ2v) is 4.98. The molecule has 0 aromatic heterocycles. The molecule has 0 heterocycles. The van der Waals surface area contributed by atoms with E-state index in [0.29, 0.717) is 10.6 Å². The number of ether oxygens (including phenoxy) is 1. The number of rotatable bonds is 4. The van der Waals surface area contributed by atoms with Crippen molar-refractivity contribution in [3.63, 3.8) is 0 Å². The van der Waals surface area contributed by atoms with Crippen LogP contribution in [0.3, 0.4) is 0 Å². The van der Waals surface area contributed by atoms with Crippen LogP contribution in [0.4, 0.5) is 0 Å². The number of hydrogen-bond donors (Lipinski definition) is 1. The molecule has 0 radical (unpaired) electrons. The van der Waals surface area contributed by atoms with Crippen LogP contribution in [-0.2, 0) is 9.63 Å². The molecule has 2 aromatic rings. The molecule has 2 rings (SSSR count). The second-order valence-electron chi connectivity index (χ2n) is 4.13. The zero-order valence-corrected chi connectivity index (χ0v) is 12.7. The summed E-state index contributed by atoms with van der Waals surface area (Å²) in [6, 6.07) is 12.9. The molecular formula is C15H11Cl2NO4. The molecule has 114 valence electrons. The lowest BCUT2D eigenvalue weighted by atomic mass is 10.2. The third kappa shape index (κ3) is 4.65. The molecule has 5 nitrogen and oxygen atoms in total. The molecule has 0 aliphatic carbocycles. The minimum absolute atomic E-state index is 0.272. The molecule has 0 aliphatic heterocycles. The van der Waals surface area contributed by atoms with Gasteiger partial charge in [-0.2, -0.15) is 5.48 Å². The van der Waals surface area contributed by atoms with Crippen molar-refractivity contribution in [2.45, 2.75) is 0 Å². The Hall–Kier alpha value is -2.24. The average molecular weight is 340 g/mol. The van der Waals surface area contributed by atoms with Crippen LogP contribution >= 0.6 is 23.2 Å². The van der Waals surface area contributed by atoms with Gasteiger partial charge >= 0.3 is 5.97 Å². The summed E-state index contributed by atoms with van der Waals surface area (Å²) in [5.74, 6) is -1.01. The summed E-state index contributed by atoms with van der Waals surface area (Å²) >= 11 is 11.6. The van der Waals surface area contributed by atoms with Gasteiger partial charge in [-0.25, -0.2) is 4.79 Å². The van der Waals surface area contributed by atoms with Gasteiger partial charge in [-0.3, -0.25) is 4.79 Å². The Kier molecular flexibility index (Phi) is 5.63. The molecule has 22 heavy (non-hydrogen) atoms. The molecule has 0 fully saturated rings. The quantitative estimate of drug-likeness (QED) is 0.868. The monoisotopic (exact) mass is 339 g/mol. The van der Waals surface area contributed by atoms with Crippen LogP contribution in [0.15, 0.2) is 48.5 Å². The Morgan fingerprint density at radius 2 is 1.77 bits per heavy atom. The smallest absolute Gasteiger partial charge is 0.369 e. The summed E-state index contributed by atoms with van der Waals surface area (Å²) in [7, 11) is 0. The van der Waals surface area contributed by atoms with Crippen molar-refractivity contribution in [2.75, 3.05) is 6.61 Å². The Bertz CT molecular complexity index is 676. The number of halogens is 2. The third-order valence-corrected chi connectivity index (χ3v) is 3.06. The first kappa shape index (κ1) is 16.1. The summed E-state index contributed by atoms with van der Waals surface area (Å²) in [6.45, 7) is -0.406. The molecule has 0 aliphatic rings. The van der Waals surface area contributed by atoms with Gasteiger partial charge in [-0.05, 0) is 30.3 Å². The number of hydrogen-bond acceptors (Lipinski definition) is 4. The molecular weight excluding hydrogens is 329 g/mol. The van der Waals surface area contributed by atoms with Crippen LogP contribution in [0, 0.1) is 0 Å². The van der Waals surface area contributed by atoms with Crippen LogP contribution in [0.1, 0.15) is 10.4 Å². The maximum Gasteiger partial charge on any atom is 0.369 e. The number of nitrogens with one attached hydrogen (secondary N) is 1. The molecule has 2 aromatic carbocycles. The third-order valence-electron chi connectivity index (χ3n) is 2.53. The molecule has 0 unspecified atom stereocenters. The number of benzene rings is 2. The van der Waals surface area contributed by atoms with Crippen molar-refractivity contribution in [3.05, 3.63) is 64.1 Å². The van der Waals surface area contributed by atoms with Gasteiger partial charge in [0.05, 0.1) is 5.02 Å². The Labute approximate surface area is 136 Å². The molecule has 0 saturated carbocycles. The molecule has 1 amide bonds. The van der Waals surface area contributed by atoms with E-state index in [1.54, 1.807) is 36.4 Å². The van der Waals surface area contributed by atoms with Crippen LogP contribution in [0.5, 0.6) is 5.75 Å². The fraction of sp³-hybridized carbons (Fsp3) is 0.0667. The average Bonchev–Trinajstić information content (AvgIpc) is 2.52. The predicted octanol–water partition coefficient (Wildman–Crippen LogP) is 3.26. The van der Waals surface area contributed by atoms with Gasteiger partial charge in [-0.1, -0.05) is 41.4 Å². The highest BCUT2D eigenvalue weighted by Crippen LogP contribution is 2.27. The SMILES string of the molecule is O=C(COc1ccc(Cl)cc1Cl)ONC(=O)c1ccccc1. The summed E-state index contributed by atoms with van der Waals surface area (Å²) < 4.78 is 5.18. The number of hydroxylamine groups is 1. The van der Waals surface area contributed by atoms with Crippen LogP contribution in [0.25, 0.3) is 0 Å². The Balaban J connectivity index is 1.80. The highest BCUT2D eigenvalue weighted by atomic mass is 35.5. The van der Waals surface area contributed by atoms with E-state index in [-0.39, 0.29) is 10.8 Å². The van der Waals surface area contributed by atoms with Gasteiger partial charge in [0.2, 0.25) is 0 Å². The van der Waals surface area contributed by atoms with E-state index < -0.39 is 18.5 Å². The topological polar surface area (TPSA) is 64.6 Å². The zero-order chi connectivity index (χ0) is 15.9. The van der Waals surface area contributed by atoms with Gasteiger partial charge in [0.25, 0.3) is 5.91 Å². The van der Waals surface area contributed by atoms with E-state index in [9.17, 15) is 9.59 Å². The maximum atomic E-state index is 11.7. The van der Waals surface area contributed by atoms with Gasteiger partial charge in [0.15, 0.2) is 6.61 Å². The molecule has 0 atom stereocenters. The van der Waals surface area contributed by atoms with E-state index in [4.69, 9.17) is 27.9 Å². The Morgan fingerprint density at radius 3 is 2.45 bits per heavy atom. The molecule has 0 bridgehead atoms. The first-order valence-electron chi connectivity index (χ1n) is 6.19. The molecule has 0 spiro atoms. The van der Waals surface area contributed by atoms with Gasteiger partial charge < -0.3 is 9.57 Å². The summed E-state index contributed by atoms with van der Waals surface area (Å²) in [4.78, 5) is 27.8. The van der Waals surface area contributed by atoms with Crippen molar-refractivity contribution in [2.24, 2.45) is 0 Å². The predicted molar refractivity (Wildman–Crippen MR) is 82.0 cm³/mol. The van der Waals surface area contributed by atoms with E-state index in [0.717, 1.165) is 0 Å². The molecule has 1 N–H and O–H groups in total. The van der Waals surface area contributed by atoms with Crippen molar-refractivity contribution in [3.8, 4) is 5.75 Å². The number of amides is 1. The van der Waals surface area contributed by atoms with E-state index in [2.05, 4.69) is 4.84 Å². The fourth-order valence-electron chi connectivity index (χ4n) is 1.51. The largest absolute Gasteiger partial charge is 0.480 e. The minimum atomic E-state index is -0.768. The van der Waals surface area contributed by atoms with Crippen LogP contribution in [-0.4, -0.2) is 18.5 Å².